The van der Waals surface area contributed by atoms with Crippen LogP contribution in [0.5, 0.6) is 0 Å². The maximum atomic E-state index is 12.9. The molecule has 0 saturated heterocycles. The van der Waals surface area contributed by atoms with E-state index in [0.717, 1.165) is 48.7 Å². The molecule has 138 valence electrons. The highest BCUT2D eigenvalue weighted by Crippen LogP contribution is 2.20. The summed E-state index contributed by atoms with van der Waals surface area (Å²) in [5.74, 6) is 0.935. The molecule has 0 amide bonds. The van der Waals surface area contributed by atoms with Crippen molar-refractivity contribution in [1.29, 1.82) is 0 Å². The maximum Gasteiger partial charge on any atom is 0.262 e. The average molecular weight is 371 g/mol. The Labute approximate surface area is 158 Å². The second-order valence-electron chi connectivity index (χ2n) is 6.49. The maximum absolute atomic E-state index is 12.9. The van der Waals surface area contributed by atoms with E-state index in [-0.39, 0.29) is 5.56 Å². The zero-order chi connectivity index (χ0) is 18.2. The first kappa shape index (κ1) is 18.7. The summed E-state index contributed by atoms with van der Waals surface area (Å²) >= 11 is 1.68. The summed E-state index contributed by atoms with van der Waals surface area (Å²) in [4.78, 5) is 17.7. The molecular formula is C20H26N4OS. The fourth-order valence-corrected chi connectivity index (χ4v) is 3.97. The van der Waals surface area contributed by atoms with Crippen molar-refractivity contribution in [3.05, 3.63) is 52.6 Å². The summed E-state index contributed by atoms with van der Waals surface area (Å²) in [7, 11) is 0. The third-order valence-electron chi connectivity index (χ3n) is 4.46. The van der Waals surface area contributed by atoms with Crippen molar-refractivity contribution in [2.45, 2.75) is 57.1 Å². The minimum Gasteiger partial charge on any atom is -0.287 e. The quantitative estimate of drug-likeness (QED) is 0.326. The molecule has 0 saturated carbocycles. The second kappa shape index (κ2) is 9.57. The molecule has 6 heteroatoms. The molecule has 0 aliphatic heterocycles. The van der Waals surface area contributed by atoms with Gasteiger partial charge in [0.15, 0.2) is 5.16 Å². The van der Waals surface area contributed by atoms with Crippen molar-refractivity contribution in [3.63, 3.8) is 0 Å². The van der Waals surface area contributed by atoms with Crippen LogP contribution in [0.1, 0.15) is 44.6 Å². The normalized spacial score (nSPS) is 11.3. The molecule has 0 fully saturated rings. The highest BCUT2D eigenvalue weighted by Gasteiger charge is 2.11. The summed E-state index contributed by atoms with van der Waals surface area (Å²) in [6, 6.07) is 7.65. The molecular weight excluding hydrogens is 344 g/mol. The first-order valence-electron chi connectivity index (χ1n) is 9.39. The van der Waals surface area contributed by atoms with E-state index < -0.39 is 0 Å². The zero-order valence-electron chi connectivity index (χ0n) is 15.3. The smallest absolute Gasteiger partial charge is 0.262 e. The minimum atomic E-state index is 0.0874. The van der Waals surface area contributed by atoms with E-state index in [0.29, 0.717) is 5.39 Å². The Bertz CT molecular complexity index is 873. The Kier molecular flexibility index (Phi) is 6.89. The average Bonchev–Trinajstić information content (AvgIpc) is 3.18. The SMILES string of the molecule is CCCCCCn1c(SCCCc2cn[nH]c2)nc2ccccc2c1=O. The lowest BCUT2D eigenvalue weighted by molar-refractivity contribution is 0.531. The molecule has 0 bridgehead atoms. The van der Waals surface area contributed by atoms with Gasteiger partial charge in [-0.3, -0.25) is 14.5 Å². The summed E-state index contributed by atoms with van der Waals surface area (Å²) in [5.41, 5.74) is 2.10. The van der Waals surface area contributed by atoms with Crippen molar-refractivity contribution in [2.24, 2.45) is 0 Å². The molecule has 1 aromatic carbocycles. The zero-order valence-corrected chi connectivity index (χ0v) is 16.1. The molecule has 0 atom stereocenters. The van der Waals surface area contributed by atoms with E-state index in [1.165, 1.54) is 18.4 Å². The van der Waals surface area contributed by atoms with Gasteiger partial charge < -0.3 is 0 Å². The van der Waals surface area contributed by atoms with Crippen LogP contribution in [0.25, 0.3) is 10.9 Å². The topological polar surface area (TPSA) is 63.6 Å². The Morgan fingerprint density at radius 2 is 2.04 bits per heavy atom. The Hall–Kier alpha value is -2.08. The van der Waals surface area contributed by atoms with Gasteiger partial charge in [0, 0.05) is 18.5 Å². The van der Waals surface area contributed by atoms with Crippen LogP contribution >= 0.6 is 11.8 Å². The standard InChI is InChI=1S/C20H26N4OS/c1-2-3-4-7-12-24-19(25)17-10-5-6-11-18(17)23-20(24)26-13-8-9-16-14-21-22-15-16/h5-6,10-11,14-15H,2-4,7-9,12-13H2,1H3,(H,21,22). The first-order valence-corrected chi connectivity index (χ1v) is 10.4. The summed E-state index contributed by atoms with van der Waals surface area (Å²) in [5, 5.41) is 8.38. The number of aromatic nitrogens is 4. The number of fused-ring (bicyclic) bond motifs is 1. The van der Waals surface area contributed by atoms with Crippen LogP contribution < -0.4 is 5.56 Å². The summed E-state index contributed by atoms with van der Waals surface area (Å²) < 4.78 is 1.88. The number of nitrogens with zero attached hydrogens (tertiary/aromatic N) is 3. The molecule has 0 unspecified atom stereocenters. The minimum absolute atomic E-state index is 0.0874. The number of benzene rings is 1. The Morgan fingerprint density at radius 1 is 1.15 bits per heavy atom. The lowest BCUT2D eigenvalue weighted by atomic mass is 10.2. The van der Waals surface area contributed by atoms with Gasteiger partial charge in [0.25, 0.3) is 5.56 Å². The van der Waals surface area contributed by atoms with E-state index >= 15 is 0 Å². The third-order valence-corrected chi connectivity index (χ3v) is 5.52. The van der Waals surface area contributed by atoms with Gasteiger partial charge >= 0.3 is 0 Å². The van der Waals surface area contributed by atoms with E-state index in [9.17, 15) is 4.79 Å². The number of aromatic amines is 1. The monoisotopic (exact) mass is 370 g/mol. The van der Waals surface area contributed by atoms with Gasteiger partial charge in [-0.15, -0.1) is 0 Å². The van der Waals surface area contributed by atoms with Gasteiger partial charge in [-0.2, -0.15) is 5.10 Å². The highest BCUT2D eigenvalue weighted by molar-refractivity contribution is 7.99. The molecule has 0 spiro atoms. The van der Waals surface area contributed by atoms with Crippen LogP contribution in [-0.2, 0) is 13.0 Å². The van der Waals surface area contributed by atoms with Crippen molar-refractivity contribution in [3.8, 4) is 0 Å². The summed E-state index contributed by atoms with van der Waals surface area (Å²) in [6.07, 6.45) is 10.4. The van der Waals surface area contributed by atoms with E-state index in [1.807, 2.05) is 41.2 Å². The van der Waals surface area contributed by atoms with Crippen LogP contribution in [0.15, 0.2) is 46.6 Å². The van der Waals surface area contributed by atoms with Crippen molar-refractivity contribution < 1.29 is 0 Å². The van der Waals surface area contributed by atoms with Gasteiger partial charge in [-0.1, -0.05) is 50.1 Å². The van der Waals surface area contributed by atoms with Gasteiger partial charge in [0.05, 0.1) is 17.1 Å². The molecule has 0 aliphatic carbocycles. The van der Waals surface area contributed by atoms with Gasteiger partial charge in [0.1, 0.15) is 0 Å². The van der Waals surface area contributed by atoms with E-state index in [4.69, 9.17) is 4.98 Å². The fraction of sp³-hybridized carbons (Fsp3) is 0.450. The molecule has 0 aliphatic rings. The van der Waals surface area contributed by atoms with E-state index in [1.54, 1.807) is 11.8 Å². The fourth-order valence-electron chi connectivity index (χ4n) is 3.01. The Morgan fingerprint density at radius 3 is 2.85 bits per heavy atom. The second-order valence-corrected chi connectivity index (χ2v) is 7.55. The van der Waals surface area contributed by atoms with E-state index in [2.05, 4.69) is 17.1 Å². The van der Waals surface area contributed by atoms with Crippen LogP contribution in [0.2, 0.25) is 0 Å². The predicted octanol–water partition coefficient (Wildman–Crippen LogP) is 4.42. The van der Waals surface area contributed by atoms with Gasteiger partial charge in [-0.05, 0) is 37.0 Å². The number of rotatable bonds is 10. The number of para-hydroxylation sites is 1. The molecule has 1 N–H and O–H groups in total. The van der Waals surface area contributed by atoms with Crippen molar-refractivity contribution in [2.75, 3.05) is 5.75 Å². The molecule has 3 aromatic rings. The lowest BCUT2D eigenvalue weighted by Crippen LogP contribution is -2.23. The van der Waals surface area contributed by atoms with Crippen LogP contribution in [0.3, 0.4) is 0 Å². The number of hydrogen-bond donors (Lipinski definition) is 1. The molecule has 0 radical (unpaired) electrons. The summed E-state index contributed by atoms with van der Waals surface area (Å²) in [6.45, 7) is 2.95. The number of unbranched alkanes of at least 4 members (excludes halogenated alkanes) is 3. The van der Waals surface area contributed by atoms with Crippen LogP contribution in [-0.4, -0.2) is 25.5 Å². The third kappa shape index (κ3) is 4.75. The highest BCUT2D eigenvalue weighted by atomic mass is 32.2. The predicted molar refractivity (Wildman–Crippen MR) is 108 cm³/mol. The number of aryl methyl sites for hydroxylation is 1. The lowest BCUT2D eigenvalue weighted by Gasteiger charge is -2.13. The first-order chi connectivity index (χ1) is 12.8. The molecule has 2 heterocycles. The van der Waals surface area contributed by atoms with Gasteiger partial charge in [-0.25, -0.2) is 4.98 Å². The number of hydrogen-bond acceptors (Lipinski definition) is 4. The molecule has 26 heavy (non-hydrogen) atoms. The molecule has 2 aromatic heterocycles. The largest absolute Gasteiger partial charge is 0.287 e. The van der Waals surface area contributed by atoms with Gasteiger partial charge in [0.2, 0.25) is 0 Å². The van der Waals surface area contributed by atoms with Crippen molar-refractivity contribution in [1.82, 2.24) is 19.7 Å². The number of thioether (sulfide) groups is 1. The number of H-pyrrole nitrogens is 1. The van der Waals surface area contributed by atoms with Crippen molar-refractivity contribution >= 4 is 22.7 Å². The molecule has 3 rings (SSSR count). The van der Waals surface area contributed by atoms with Crippen LogP contribution in [0.4, 0.5) is 0 Å². The van der Waals surface area contributed by atoms with Crippen LogP contribution in [0, 0.1) is 0 Å². The molecule has 5 nitrogen and oxygen atoms in total. The Balaban J connectivity index is 1.73. The number of nitrogens with one attached hydrogen (secondary N) is 1.